The number of carbonyl (C=O) groups is 2. The van der Waals surface area contributed by atoms with E-state index in [1.54, 1.807) is 18.2 Å². The average Bonchev–Trinajstić information content (AvgIpc) is 2.27. The van der Waals surface area contributed by atoms with Crippen LogP contribution < -0.4 is 15.8 Å². The Labute approximate surface area is 85.9 Å². The van der Waals surface area contributed by atoms with Crippen LogP contribution in [-0.4, -0.2) is 19.0 Å². The van der Waals surface area contributed by atoms with E-state index >= 15 is 0 Å². The fraction of sp³-hybridized carbons (Fsp3) is 0.0909. The molecule has 4 nitrogen and oxygen atoms in total. The number of esters is 1. The quantitative estimate of drug-likeness (QED) is 0.556. The molecule has 0 fully saturated rings. The summed E-state index contributed by atoms with van der Waals surface area (Å²) >= 11 is 0. The summed E-state index contributed by atoms with van der Waals surface area (Å²) < 4.78 is 4.58. The van der Waals surface area contributed by atoms with Crippen LogP contribution in [0.3, 0.4) is 0 Å². The van der Waals surface area contributed by atoms with Crippen LogP contribution in [0.15, 0.2) is 18.2 Å². The van der Waals surface area contributed by atoms with Gasteiger partial charge in [-0.1, -0.05) is 6.07 Å². The van der Waals surface area contributed by atoms with Crippen LogP contribution in [0.4, 0.5) is 0 Å². The first-order valence-corrected chi connectivity index (χ1v) is 4.36. The van der Waals surface area contributed by atoms with E-state index < -0.39 is 5.97 Å². The van der Waals surface area contributed by atoms with Crippen LogP contribution in [0.2, 0.25) is 0 Å². The summed E-state index contributed by atoms with van der Waals surface area (Å²) in [7, 11) is 1.32. The van der Waals surface area contributed by atoms with Crippen molar-refractivity contribution in [3.05, 3.63) is 34.2 Å². The zero-order valence-electron chi connectivity index (χ0n) is 8.06. The van der Waals surface area contributed by atoms with Gasteiger partial charge in [-0.25, -0.2) is 10.1 Å². The monoisotopic (exact) mass is 202 g/mol. The standard InChI is InChI=1S/C11H8NO3/c1-15-11(14)7-2-3-8-6-12-10(13)5-9(8)4-7/h2-6H,1H3. The Morgan fingerprint density at radius 3 is 2.87 bits per heavy atom. The highest BCUT2D eigenvalue weighted by atomic mass is 16.5. The Morgan fingerprint density at radius 2 is 2.13 bits per heavy atom. The Hall–Kier alpha value is -2.10. The number of amides is 1. The van der Waals surface area contributed by atoms with Crippen molar-refractivity contribution in [3.8, 4) is 0 Å². The zero-order valence-corrected chi connectivity index (χ0v) is 8.06. The lowest BCUT2D eigenvalue weighted by Crippen LogP contribution is -2.33. The maximum Gasteiger partial charge on any atom is 0.337 e. The van der Waals surface area contributed by atoms with E-state index in [4.69, 9.17) is 0 Å². The molecule has 1 amide bonds. The van der Waals surface area contributed by atoms with Gasteiger partial charge < -0.3 is 4.74 Å². The minimum Gasteiger partial charge on any atom is -0.465 e. The molecule has 1 aromatic rings. The SMILES string of the molecule is COC(=O)c1ccc2c(c1)=CC(=O)[N]C=2. The first-order chi connectivity index (χ1) is 7.20. The molecule has 1 aromatic carbocycles. The van der Waals surface area contributed by atoms with Gasteiger partial charge in [0.15, 0.2) is 0 Å². The fourth-order valence-electron chi connectivity index (χ4n) is 1.37. The van der Waals surface area contributed by atoms with Gasteiger partial charge in [0.05, 0.1) is 12.7 Å². The molecule has 0 saturated carbocycles. The minimum absolute atomic E-state index is 0.315. The van der Waals surface area contributed by atoms with Gasteiger partial charge in [-0.15, -0.1) is 0 Å². The first kappa shape index (κ1) is 9.45. The van der Waals surface area contributed by atoms with Crippen molar-refractivity contribution in [2.24, 2.45) is 0 Å². The first-order valence-electron chi connectivity index (χ1n) is 4.36. The molecule has 0 spiro atoms. The van der Waals surface area contributed by atoms with Crippen molar-refractivity contribution < 1.29 is 14.3 Å². The predicted octanol–water partition coefficient (Wildman–Crippen LogP) is -0.864. The number of ether oxygens (including phenoxy) is 1. The highest BCUT2D eigenvalue weighted by Gasteiger charge is 2.07. The van der Waals surface area contributed by atoms with Gasteiger partial charge in [-0.3, -0.25) is 4.79 Å². The van der Waals surface area contributed by atoms with E-state index in [1.807, 2.05) is 0 Å². The average molecular weight is 202 g/mol. The highest BCUT2D eigenvalue weighted by molar-refractivity contribution is 6.07. The molecule has 1 aliphatic heterocycles. The lowest BCUT2D eigenvalue weighted by atomic mass is 10.1. The summed E-state index contributed by atoms with van der Waals surface area (Å²) in [5.41, 5.74) is 0.426. The molecule has 0 atom stereocenters. The second-order valence-electron chi connectivity index (χ2n) is 3.08. The fourth-order valence-corrected chi connectivity index (χ4v) is 1.37. The number of hydrogen-bond donors (Lipinski definition) is 0. The second-order valence-corrected chi connectivity index (χ2v) is 3.08. The van der Waals surface area contributed by atoms with Gasteiger partial charge in [0.2, 0.25) is 0 Å². The molecule has 4 heteroatoms. The van der Waals surface area contributed by atoms with Crippen LogP contribution in [0.5, 0.6) is 0 Å². The van der Waals surface area contributed by atoms with Gasteiger partial charge in [0.25, 0.3) is 5.91 Å². The van der Waals surface area contributed by atoms with Crippen molar-refractivity contribution in [2.45, 2.75) is 0 Å². The lowest BCUT2D eigenvalue weighted by molar-refractivity contribution is -0.114. The molecule has 1 aliphatic rings. The van der Waals surface area contributed by atoms with Gasteiger partial charge in [-0.05, 0) is 17.4 Å². The predicted molar refractivity (Wildman–Crippen MR) is 53.1 cm³/mol. The largest absolute Gasteiger partial charge is 0.465 e. The van der Waals surface area contributed by atoms with Crippen LogP contribution in [-0.2, 0) is 9.53 Å². The van der Waals surface area contributed by atoms with Crippen LogP contribution >= 0.6 is 0 Å². The minimum atomic E-state index is -0.416. The van der Waals surface area contributed by atoms with Crippen molar-refractivity contribution in [1.82, 2.24) is 5.32 Å². The van der Waals surface area contributed by atoms with Gasteiger partial charge in [0, 0.05) is 17.5 Å². The van der Waals surface area contributed by atoms with Crippen molar-refractivity contribution in [3.63, 3.8) is 0 Å². The molecule has 2 rings (SSSR count). The summed E-state index contributed by atoms with van der Waals surface area (Å²) in [5.74, 6) is -0.731. The lowest BCUT2D eigenvalue weighted by Gasteiger charge is -2.02. The number of nitrogens with zero attached hydrogens (tertiary/aromatic N) is 1. The van der Waals surface area contributed by atoms with Crippen LogP contribution in [0, 0.1) is 0 Å². The molecule has 1 heterocycles. The third kappa shape index (κ3) is 1.74. The van der Waals surface area contributed by atoms with Crippen LogP contribution in [0.25, 0.3) is 12.3 Å². The summed E-state index contributed by atoms with van der Waals surface area (Å²) in [6, 6.07) is 4.98. The van der Waals surface area contributed by atoms with E-state index in [2.05, 4.69) is 10.1 Å². The van der Waals surface area contributed by atoms with Gasteiger partial charge in [-0.2, -0.15) is 0 Å². The maximum atomic E-state index is 11.2. The second kappa shape index (κ2) is 3.57. The summed E-state index contributed by atoms with van der Waals surface area (Å²) in [4.78, 5) is 22.2. The molecule has 0 aliphatic carbocycles. The number of methoxy groups -OCH3 is 1. The maximum absolute atomic E-state index is 11.2. The van der Waals surface area contributed by atoms with E-state index in [-0.39, 0.29) is 5.91 Å². The molecule has 0 bridgehead atoms. The summed E-state index contributed by atoms with van der Waals surface area (Å²) in [5, 5.41) is 5.14. The molecule has 0 N–H and O–H groups in total. The van der Waals surface area contributed by atoms with Crippen molar-refractivity contribution >= 4 is 24.2 Å². The third-order valence-electron chi connectivity index (χ3n) is 2.12. The van der Waals surface area contributed by atoms with Gasteiger partial charge >= 0.3 is 5.97 Å². The third-order valence-corrected chi connectivity index (χ3v) is 2.12. The molecule has 0 unspecified atom stereocenters. The van der Waals surface area contributed by atoms with Crippen molar-refractivity contribution in [1.29, 1.82) is 0 Å². The number of fused-ring (bicyclic) bond motifs is 1. The molecular formula is C11H8NO3. The Morgan fingerprint density at radius 1 is 1.33 bits per heavy atom. The topological polar surface area (TPSA) is 57.5 Å². The Bertz CT molecular complexity index is 545. The zero-order chi connectivity index (χ0) is 10.8. The number of benzene rings is 1. The number of hydrogen-bond acceptors (Lipinski definition) is 3. The summed E-state index contributed by atoms with van der Waals surface area (Å²) in [6.45, 7) is 0. The highest BCUT2D eigenvalue weighted by Crippen LogP contribution is 1.95. The number of rotatable bonds is 1. The molecule has 0 aromatic heterocycles. The van der Waals surface area contributed by atoms with Gasteiger partial charge in [0.1, 0.15) is 0 Å². The number of carbonyl (C=O) groups excluding carboxylic acids is 2. The molecule has 75 valence electrons. The smallest absolute Gasteiger partial charge is 0.337 e. The van der Waals surface area contributed by atoms with Crippen molar-refractivity contribution in [2.75, 3.05) is 7.11 Å². The molecule has 1 radical (unpaired) electrons. The normalized spacial score (nSPS) is 13.0. The molecular weight excluding hydrogens is 194 g/mol. The van der Waals surface area contributed by atoms with E-state index in [0.717, 1.165) is 5.22 Å². The summed E-state index contributed by atoms with van der Waals surface area (Å²) in [6.07, 6.45) is 2.88. The van der Waals surface area contributed by atoms with Crippen LogP contribution in [0.1, 0.15) is 10.4 Å². The Balaban J connectivity index is 2.60. The Kier molecular flexibility index (Phi) is 2.25. The molecule has 15 heavy (non-hydrogen) atoms. The van der Waals surface area contributed by atoms with E-state index in [1.165, 1.54) is 19.4 Å². The molecule has 0 saturated heterocycles. The van der Waals surface area contributed by atoms with E-state index in [0.29, 0.717) is 10.8 Å². The van der Waals surface area contributed by atoms with E-state index in [9.17, 15) is 9.59 Å².